The molecule has 1 aliphatic heterocycles. The van der Waals surface area contributed by atoms with Crippen molar-refractivity contribution in [1.82, 2.24) is 0 Å². The molecule has 0 bridgehead atoms. The lowest BCUT2D eigenvalue weighted by Crippen LogP contribution is -2.20. The Kier molecular flexibility index (Phi) is 7.16. The van der Waals surface area contributed by atoms with Gasteiger partial charge < -0.3 is 23.7 Å². The van der Waals surface area contributed by atoms with Crippen LogP contribution in [0.5, 0.6) is 11.5 Å². The fourth-order valence-electron chi connectivity index (χ4n) is 2.94. The zero-order chi connectivity index (χ0) is 21.5. The van der Waals surface area contributed by atoms with Crippen LogP contribution >= 0.6 is 0 Å². The van der Waals surface area contributed by atoms with Crippen molar-refractivity contribution in [1.29, 1.82) is 0 Å². The van der Waals surface area contributed by atoms with Crippen molar-refractivity contribution < 1.29 is 38.1 Å². The second kappa shape index (κ2) is 10.00. The monoisotopic (exact) mass is 414 g/mol. The van der Waals surface area contributed by atoms with Gasteiger partial charge in [0.15, 0.2) is 11.5 Å². The lowest BCUT2D eigenvalue weighted by atomic mass is 10.1. The number of esters is 3. The first-order chi connectivity index (χ1) is 14.5. The van der Waals surface area contributed by atoms with Gasteiger partial charge in [-0.25, -0.2) is 9.59 Å². The Morgan fingerprint density at radius 2 is 1.77 bits per heavy atom. The van der Waals surface area contributed by atoms with Crippen molar-refractivity contribution >= 4 is 17.9 Å². The van der Waals surface area contributed by atoms with E-state index in [4.69, 9.17) is 23.7 Å². The highest BCUT2D eigenvalue weighted by Crippen LogP contribution is 2.33. The largest absolute Gasteiger partial charge is 0.456 e. The molecule has 1 heterocycles. The molecule has 0 saturated carbocycles. The molecule has 8 nitrogen and oxygen atoms in total. The molecule has 0 spiro atoms. The summed E-state index contributed by atoms with van der Waals surface area (Å²) in [4.78, 5) is 36.7. The fourth-order valence-corrected chi connectivity index (χ4v) is 2.94. The third kappa shape index (κ3) is 5.43. The minimum absolute atomic E-state index is 0.00754. The predicted octanol–water partition coefficient (Wildman–Crippen LogP) is 2.92. The highest BCUT2D eigenvalue weighted by Gasteiger charge is 2.25. The topological polar surface area (TPSA) is 97.4 Å². The molecule has 1 saturated heterocycles. The molecule has 1 aliphatic rings. The molecule has 30 heavy (non-hydrogen) atoms. The number of ether oxygens (including phenoxy) is 5. The maximum Gasteiger partial charge on any atom is 0.343 e. The van der Waals surface area contributed by atoms with E-state index in [2.05, 4.69) is 0 Å². The van der Waals surface area contributed by atoms with Gasteiger partial charge in [-0.1, -0.05) is 18.2 Å². The first-order valence-corrected chi connectivity index (χ1v) is 9.38. The van der Waals surface area contributed by atoms with Crippen LogP contribution in [-0.4, -0.2) is 44.3 Å². The SMILES string of the molecule is COCc1cc(OC(=O)c2ccccc2)c(OC(C)=O)cc1C(=O)OC1CCOC1. The van der Waals surface area contributed by atoms with E-state index in [1.807, 2.05) is 0 Å². The number of hydrogen-bond acceptors (Lipinski definition) is 8. The average molecular weight is 414 g/mol. The van der Waals surface area contributed by atoms with Crippen LogP contribution in [0.15, 0.2) is 42.5 Å². The maximum atomic E-state index is 12.7. The van der Waals surface area contributed by atoms with Gasteiger partial charge in [-0.15, -0.1) is 0 Å². The van der Waals surface area contributed by atoms with E-state index in [9.17, 15) is 14.4 Å². The quantitative estimate of drug-likeness (QED) is 0.504. The summed E-state index contributed by atoms with van der Waals surface area (Å²) >= 11 is 0. The third-order valence-electron chi connectivity index (χ3n) is 4.32. The lowest BCUT2D eigenvalue weighted by Gasteiger charge is -2.16. The summed E-state index contributed by atoms with van der Waals surface area (Å²) in [5.74, 6) is -1.94. The molecule has 1 fully saturated rings. The Labute approximate surface area is 173 Å². The van der Waals surface area contributed by atoms with Gasteiger partial charge in [0.05, 0.1) is 30.9 Å². The van der Waals surface area contributed by atoms with E-state index in [0.717, 1.165) is 0 Å². The number of benzene rings is 2. The van der Waals surface area contributed by atoms with E-state index in [1.165, 1.54) is 26.2 Å². The fraction of sp³-hybridized carbons (Fsp3) is 0.318. The van der Waals surface area contributed by atoms with Crippen LogP contribution in [0.4, 0.5) is 0 Å². The maximum absolute atomic E-state index is 12.7. The van der Waals surface area contributed by atoms with Crippen molar-refractivity contribution in [3.63, 3.8) is 0 Å². The Hall–Kier alpha value is -3.23. The minimum atomic E-state index is -0.634. The number of carbonyl (C=O) groups excluding carboxylic acids is 3. The number of rotatable bonds is 7. The number of methoxy groups -OCH3 is 1. The van der Waals surface area contributed by atoms with E-state index in [-0.39, 0.29) is 29.8 Å². The molecule has 3 rings (SSSR count). The van der Waals surface area contributed by atoms with Gasteiger partial charge in [0.1, 0.15) is 6.10 Å². The highest BCUT2D eigenvalue weighted by molar-refractivity contribution is 5.94. The molecule has 0 aromatic heterocycles. The van der Waals surface area contributed by atoms with Crippen molar-refractivity contribution in [3.05, 3.63) is 59.2 Å². The van der Waals surface area contributed by atoms with Gasteiger partial charge >= 0.3 is 17.9 Å². The molecular formula is C22H22O8. The molecule has 0 amide bonds. The van der Waals surface area contributed by atoms with Crippen LogP contribution in [0, 0.1) is 0 Å². The van der Waals surface area contributed by atoms with Gasteiger partial charge in [0.25, 0.3) is 0 Å². The first kappa shape index (κ1) is 21.5. The van der Waals surface area contributed by atoms with E-state index < -0.39 is 17.9 Å². The lowest BCUT2D eigenvalue weighted by molar-refractivity contribution is -0.132. The van der Waals surface area contributed by atoms with Crippen molar-refractivity contribution in [2.75, 3.05) is 20.3 Å². The molecule has 158 valence electrons. The Morgan fingerprint density at radius 1 is 1.03 bits per heavy atom. The Balaban J connectivity index is 1.94. The molecule has 2 aromatic rings. The normalized spacial score (nSPS) is 15.5. The number of hydrogen-bond donors (Lipinski definition) is 0. The molecule has 0 radical (unpaired) electrons. The van der Waals surface area contributed by atoms with Crippen LogP contribution < -0.4 is 9.47 Å². The summed E-state index contributed by atoms with van der Waals surface area (Å²) < 4.78 is 26.5. The molecule has 2 aromatic carbocycles. The summed E-state index contributed by atoms with van der Waals surface area (Å²) in [6, 6.07) is 11.1. The summed E-state index contributed by atoms with van der Waals surface area (Å²) in [6.45, 7) is 2.12. The molecule has 0 aliphatic carbocycles. The second-order valence-corrected chi connectivity index (χ2v) is 6.63. The number of carbonyl (C=O) groups is 3. The van der Waals surface area contributed by atoms with Gasteiger partial charge in [0.2, 0.25) is 0 Å². The molecule has 1 atom stereocenters. The van der Waals surface area contributed by atoms with E-state index >= 15 is 0 Å². The third-order valence-corrected chi connectivity index (χ3v) is 4.32. The first-order valence-electron chi connectivity index (χ1n) is 9.38. The zero-order valence-electron chi connectivity index (χ0n) is 16.7. The minimum Gasteiger partial charge on any atom is -0.456 e. The van der Waals surface area contributed by atoms with Crippen LogP contribution in [0.3, 0.4) is 0 Å². The standard InChI is InChI=1S/C22H22O8/c1-14(23)28-20-11-18(22(25)29-17-8-9-27-13-17)16(12-26-2)10-19(20)30-21(24)15-6-4-3-5-7-15/h3-7,10-11,17H,8-9,12-13H2,1-2H3. The predicted molar refractivity (Wildman–Crippen MR) is 105 cm³/mol. The van der Waals surface area contributed by atoms with E-state index in [0.29, 0.717) is 30.8 Å². The molecule has 0 N–H and O–H groups in total. The van der Waals surface area contributed by atoms with Crippen molar-refractivity contribution in [2.24, 2.45) is 0 Å². The Morgan fingerprint density at radius 3 is 2.40 bits per heavy atom. The van der Waals surface area contributed by atoms with Crippen LogP contribution in [-0.2, 0) is 25.6 Å². The summed E-state index contributed by atoms with van der Waals surface area (Å²) in [7, 11) is 1.47. The molecule has 1 unspecified atom stereocenters. The van der Waals surface area contributed by atoms with Crippen LogP contribution in [0.1, 0.15) is 39.6 Å². The van der Waals surface area contributed by atoms with Gasteiger partial charge in [-0.05, 0) is 29.8 Å². The molecular weight excluding hydrogens is 392 g/mol. The van der Waals surface area contributed by atoms with Gasteiger partial charge in [-0.2, -0.15) is 0 Å². The average Bonchev–Trinajstić information content (AvgIpc) is 3.23. The van der Waals surface area contributed by atoms with Gasteiger partial charge in [0, 0.05) is 20.5 Å². The smallest absolute Gasteiger partial charge is 0.343 e. The van der Waals surface area contributed by atoms with E-state index in [1.54, 1.807) is 30.3 Å². The molecule has 8 heteroatoms. The van der Waals surface area contributed by atoms with Crippen molar-refractivity contribution in [3.8, 4) is 11.5 Å². The zero-order valence-corrected chi connectivity index (χ0v) is 16.7. The summed E-state index contributed by atoms with van der Waals surface area (Å²) in [5.41, 5.74) is 0.900. The van der Waals surface area contributed by atoms with Crippen LogP contribution in [0.25, 0.3) is 0 Å². The second-order valence-electron chi connectivity index (χ2n) is 6.63. The van der Waals surface area contributed by atoms with Crippen LogP contribution in [0.2, 0.25) is 0 Å². The van der Waals surface area contributed by atoms with Gasteiger partial charge in [-0.3, -0.25) is 4.79 Å². The highest BCUT2D eigenvalue weighted by atomic mass is 16.6. The summed E-state index contributed by atoms with van der Waals surface area (Å²) in [6.07, 6.45) is 0.259. The van der Waals surface area contributed by atoms with Crippen molar-refractivity contribution in [2.45, 2.75) is 26.1 Å². The Bertz CT molecular complexity index is 916. The summed E-state index contributed by atoms with van der Waals surface area (Å²) in [5, 5.41) is 0.